The smallest absolute Gasteiger partial charge is 0.328 e. The molecule has 0 bridgehead atoms. The Bertz CT molecular complexity index is 516. The predicted octanol–water partition coefficient (Wildman–Crippen LogP) is 0.595. The molecule has 1 rings (SSSR count). The Kier molecular flexibility index (Phi) is 7.04. The molecule has 1 amide bonds. The van der Waals surface area contributed by atoms with Crippen molar-refractivity contribution in [1.29, 1.82) is 0 Å². The number of carbonyl (C=O) groups excluding carboxylic acids is 3. The zero-order valence-electron chi connectivity index (χ0n) is 12.7. The molecule has 2 atom stereocenters. The fraction of sp³-hybridized carbons (Fsp3) is 0.400. The number of carbonyl (C=O) groups is 3. The predicted molar refractivity (Wildman–Crippen MR) is 76.8 cm³/mol. The molecule has 0 aromatic heterocycles. The van der Waals surface area contributed by atoms with Crippen molar-refractivity contribution in [2.45, 2.75) is 18.6 Å². The molecule has 0 aliphatic rings. The van der Waals surface area contributed by atoms with Crippen LogP contribution in [-0.4, -0.2) is 45.2 Å². The van der Waals surface area contributed by atoms with Gasteiger partial charge in [0.2, 0.25) is 0 Å². The normalized spacial score (nSPS) is 12.9. The molecule has 0 saturated heterocycles. The van der Waals surface area contributed by atoms with Crippen LogP contribution in [0.3, 0.4) is 0 Å². The van der Waals surface area contributed by atoms with Gasteiger partial charge in [-0.2, -0.15) is 0 Å². The summed E-state index contributed by atoms with van der Waals surface area (Å²) in [7, 11) is 3.74. The summed E-state index contributed by atoms with van der Waals surface area (Å²) in [5, 5.41) is 2.44. The Balaban J connectivity index is 2.84. The standard InChI is InChI=1S/C15H19NO6/c1-20-12(17)9-11(15(19)22-3)16-14(18)13(21-2)10-7-5-4-6-8-10/h4-8,11,13H,9H2,1-3H3,(H,16,18)/t11-,13+/m0/s1. The zero-order valence-corrected chi connectivity index (χ0v) is 12.7. The SMILES string of the molecule is COC(=O)C[C@H](NC(=O)[C@H](OC)c1ccccc1)C(=O)OC. The fourth-order valence-corrected chi connectivity index (χ4v) is 1.86. The summed E-state index contributed by atoms with van der Waals surface area (Å²) in [4.78, 5) is 35.3. The summed E-state index contributed by atoms with van der Waals surface area (Å²) < 4.78 is 14.2. The first-order valence-corrected chi connectivity index (χ1v) is 6.56. The molecule has 0 unspecified atom stereocenters. The Morgan fingerprint density at radius 3 is 2.18 bits per heavy atom. The number of benzene rings is 1. The van der Waals surface area contributed by atoms with E-state index >= 15 is 0 Å². The van der Waals surface area contributed by atoms with E-state index in [1.807, 2.05) is 6.07 Å². The van der Waals surface area contributed by atoms with Gasteiger partial charge in [0.15, 0.2) is 6.10 Å². The highest BCUT2D eigenvalue weighted by Crippen LogP contribution is 2.16. The van der Waals surface area contributed by atoms with Crippen molar-refractivity contribution in [1.82, 2.24) is 5.32 Å². The van der Waals surface area contributed by atoms with Crippen molar-refractivity contribution in [3.05, 3.63) is 35.9 Å². The average Bonchev–Trinajstić information content (AvgIpc) is 2.55. The molecule has 120 valence electrons. The third-order valence-corrected chi connectivity index (χ3v) is 2.98. The highest BCUT2D eigenvalue weighted by Gasteiger charge is 2.29. The van der Waals surface area contributed by atoms with E-state index in [0.717, 1.165) is 0 Å². The molecule has 0 fully saturated rings. The first-order valence-electron chi connectivity index (χ1n) is 6.56. The number of rotatable bonds is 7. The molecule has 7 heteroatoms. The van der Waals surface area contributed by atoms with E-state index < -0.39 is 30.0 Å². The molecule has 1 N–H and O–H groups in total. The second-order valence-corrected chi connectivity index (χ2v) is 4.39. The van der Waals surface area contributed by atoms with Crippen LogP contribution in [0.4, 0.5) is 0 Å². The fourth-order valence-electron chi connectivity index (χ4n) is 1.86. The second-order valence-electron chi connectivity index (χ2n) is 4.39. The van der Waals surface area contributed by atoms with Crippen molar-refractivity contribution >= 4 is 17.8 Å². The van der Waals surface area contributed by atoms with Crippen LogP contribution in [0.1, 0.15) is 18.1 Å². The average molecular weight is 309 g/mol. The summed E-state index contributed by atoms with van der Waals surface area (Å²) in [6.45, 7) is 0. The number of esters is 2. The van der Waals surface area contributed by atoms with Gasteiger partial charge in [-0.3, -0.25) is 9.59 Å². The second kappa shape index (κ2) is 8.78. The molecule has 7 nitrogen and oxygen atoms in total. The monoisotopic (exact) mass is 309 g/mol. The number of hydrogen-bond donors (Lipinski definition) is 1. The van der Waals surface area contributed by atoms with Crippen LogP contribution in [-0.2, 0) is 28.6 Å². The molecule has 1 aromatic carbocycles. The molecule has 0 aliphatic heterocycles. The Morgan fingerprint density at radius 2 is 1.68 bits per heavy atom. The molecule has 0 spiro atoms. The van der Waals surface area contributed by atoms with Crippen LogP contribution in [0.5, 0.6) is 0 Å². The van der Waals surface area contributed by atoms with Gasteiger partial charge in [0, 0.05) is 7.11 Å². The first-order chi connectivity index (χ1) is 10.5. The lowest BCUT2D eigenvalue weighted by Crippen LogP contribution is -2.45. The maximum absolute atomic E-state index is 12.3. The summed E-state index contributed by atoms with van der Waals surface area (Å²) in [6, 6.07) is 7.65. The molecule has 0 aliphatic carbocycles. The maximum Gasteiger partial charge on any atom is 0.328 e. The lowest BCUT2D eigenvalue weighted by molar-refractivity contribution is -0.151. The van der Waals surface area contributed by atoms with Crippen LogP contribution in [0.15, 0.2) is 30.3 Å². The van der Waals surface area contributed by atoms with Crippen molar-refractivity contribution in [3.63, 3.8) is 0 Å². The van der Waals surface area contributed by atoms with E-state index in [0.29, 0.717) is 5.56 Å². The van der Waals surface area contributed by atoms with Crippen LogP contribution in [0.2, 0.25) is 0 Å². The Labute approximate surface area is 128 Å². The minimum atomic E-state index is -1.13. The molecule has 0 radical (unpaired) electrons. The van der Waals surface area contributed by atoms with Crippen molar-refractivity contribution in [2.75, 3.05) is 21.3 Å². The van der Waals surface area contributed by atoms with Gasteiger partial charge >= 0.3 is 11.9 Å². The van der Waals surface area contributed by atoms with Crippen molar-refractivity contribution in [3.8, 4) is 0 Å². The lowest BCUT2D eigenvalue weighted by Gasteiger charge is -2.20. The van der Waals surface area contributed by atoms with Gasteiger partial charge < -0.3 is 19.5 Å². The molecule has 22 heavy (non-hydrogen) atoms. The van der Waals surface area contributed by atoms with Crippen molar-refractivity contribution < 1.29 is 28.6 Å². The summed E-state index contributed by atoms with van der Waals surface area (Å²) in [6.07, 6.45) is -1.22. The lowest BCUT2D eigenvalue weighted by atomic mass is 10.1. The minimum Gasteiger partial charge on any atom is -0.469 e. The van der Waals surface area contributed by atoms with Gasteiger partial charge in [0.05, 0.1) is 20.6 Å². The topological polar surface area (TPSA) is 90.9 Å². The van der Waals surface area contributed by atoms with E-state index in [4.69, 9.17) is 4.74 Å². The van der Waals surface area contributed by atoms with Gasteiger partial charge in [0.25, 0.3) is 5.91 Å². The van der Waals surface area contributed by atoms with Crippen LogP contribution >= 0.6 is 0 Å². The third kappa shape index (κ3) is 4.85. The van der Waals surface area contributed by atoms with E-state index in [-0.39, 0.29) is 6.42 Å². The number of methoxy groups -OCH3 is 3. The molecule has 1 aromatic rings. The van der Waals surface area contributed by atoms with Gasteiger partial charge in [0.1, 0.15) is 6.04 Å². The molecule has 0 heterocycles. The highest BCUT2D eigenvalue weighted by molar-refractivity contribution is 5.90. The van der Waals surface area contributed by atoms with Gasteiger partial charge in [-0.05, 0) is 5.56 Å². The molecular weight excluding hydrogens is 290 g/mol. The number of nitrogens with one attached hydrogen (secondary N) is 1. The summed E-state index contributed by atoms with van der Waals surface area (Å²) in [5.41, 5.74) is 0.629. The molecular formula is C15H19NO6. The summed E-state index contributed by atoms with van der Waals surface area (Å²) in [5.74, 6) is -1.92. The van der Waals surface area contributed by atoms with Crippen LogP contribution in [0.25, 0.3) is 0 Å². The van der Waals surface area contributed by atoms with Crippen molar-refractivity contribution in [2.24, 2.45) is 0 Å². The van der Waals surface area contributed by atoms with Crippen LogP contribution in [0, 0.1) is 0 Å². The number of amides is 1. The molecule has 0 saturated carbocycles. The number of ether oxygens (including phenoxy) is 3. The highest BCUT2D eigenvalue weighted by atomic mass is 16.5. The summed E-state index contributed by atoms with van der Waals surface area (Å²) >= 11 is 0. The van der Waals surface area contributed by atoms with E-state index in [9.17, 15) is 14.4 Å². The maximum atomic E-state index is 12.3. The largest absolute Gasteiger partial charge is 0.469 e. The van der Waals surface area contributed by atoms with Gasteiger partial charge in [-0.1, -0.05) is 30.3 Å². The minimum absolute atomic E-state index is 0.319. The van der Waals surface area contributed by atoms with E-state index in [1.165, 1.54) is 21.3 Å². The van der Waals surface area contributed by atoms with E-state index in [1.54, 1.807) is 24.3 Å². The van der Waals surface area contributed by atoms with Gasteiger partial charge in [-0.25, -0.2) is 4.79 Å². The Morgan fingerprint density at radius 1 is 1.05 bits per heavy atom. The van der Waals surface area contributed by atoms with Gasteiger partial charge in [-0.15, -0.1) is 0 Å². The van der Waals surface area contributed by atoms with E-state index in [2.05, 4.69) is 14.8 Å². The third-order valence-electron chi connectivity index (χ3n) is 2.98. The van der Waals surface area contributed by atoms with Crippen LogP contribution < -0.4 is 5.32 Å². The zero-order chi connectivity index (χ0) is 16.5. The Hall–Kier alpha value is -2.41. The first kappa shape index (κ1) is 17.6. The number of hydrogen-bond acceptors (Lipinski definition) is 6. The quantitative estimate of drug-likeness (QED) is 0.742.